The molecule has 34 heavy (non-hydrogen) atoms. The van der Waals surface area contributed by atoms with Crippen molar-refractivity contribution in [2.45, 2.75) is 38.8 Å². The van der Waals surface area contributed by atoms with Crippen LogP contribution in [0, 0.1) is 11.8 Å². The van der Waals surface area contributed by atoms with E-state index in [9.17, 15) is 26.4 Å². The number of aromatic nitrogens is 1. The first kappa shape index (κ1) is 26.1. The molecule has 0 aliphatic rings. The molecular weight excluding hydrogens is 487 g/mol. The summed E-state index contributed by atoms with van der Waals surface area (Å²) in [5.74, 6) is -0.435. The van der Waals surface area contributed by atoms with Crippen molar-refractivity contribution in [3.8, 4) is 0 Å². The number of fused-ring (bicyclic) bond motifs is 1. The summed E-state index contributed by atoms with van der Waals surface area (Å²) >= 11 is 1.05. The molecule has 0 unspecified atom stereocenters. The minimum absolute atomic E-state index is 0.126. The van der Waals surface area contributed by atoms with Gasteiger partial charge in [0.15, 0.2) is 5.13 Å². The maximum absolute atomic E-state index is 13.3. The number of sulfonamides is 1. The van der Waals surface area contributed by atoms with Gasteiger partial charge in [0, 0.05) is 18.7 Å². The highest BCUT2D eigenvalue weighted by Gasteiger charge is 2.31. The smallest absolute Gasteiger partial charge is 0.298 e. The predicted molar refractivity (Wildman–Crippen MR) is 127 cm³/mol. The number of nitrogens with zero attached hydrogens (tertiary/aromatic N) is 2. The number of benzene rings is 2. The fraction of sp³-hybridized carbons (Fsp3) is 0.391. The van der Waals surface area contributed by atoms with Gasteiger partial charge in [-0.25, -0.2) is 13.4 Å². The molecule has 184 valence electrons. The van der Waals surface area contributed by atoms with Gasteiger partial charge in [-0.2, -0.15) is 17.5 Å². The van der Waals surface area contributed by atoms with Crippen LogP contribution in [0.5, 0.6) is 0 Å². The van der Waals surface area contributed by atoms with Crippen molar-refractivity contribution >= 4 is 42.6 Å². The number of alkyl halides is 3. The van der Waals surface area contributed by atoms with Crippen molar-refractivity contribution in [3.05, 3.63) is 53.6 Å². The molecule has 0 fully saturated rings. The summed E-state index contributed by atoms with van der Waals surface area (Å²) < 4.78 is 67.4. The van der Waals surface area contributed by atoms with E-state index in [1.807, 2.05) is 27.7 Å². The molecule has 0 bridgehead atoms. The van der Waals surface area contributed by atoms with Gasteiger partial charge in [-0.1, -0.05) is 45.1 Å². The van der Waals surface area contributed by atoms with Crippen LogP contribution in [-0.4, -0.2) is 36.7 Å². The Morgan fingerprint density at radius 3 is 2.29 bits per heavy atom. The third-order valence-electron chi connectivity index (χ3n) is 4.81. The van der Waals surface area contributed by atoms with E-state index < -0.39 is 27.7 Å². The Bertz CT molecular complexity index is 1280. The molecule has 1 amide bonds. The van der Waals surface area contributed by atoms with Crippen LogP contribution in [0.4, 0.5) is 18.3 Å². The van der Waals surface area contributed by atoms with Crippen LogP contribution in [0.15, 0.2) is 47.4 Å². The molecule has 6 nitrogen and oxygen atoms in total. The lowest BCUT2D eigenvalue weighted by molar-refractivity contribution is -0.137. The number of nitrogens with one attached hydrogen (secondary N) is 1. The van der Waals surface area contributed by atoms with E-state index in [2.05, 4.69) is 10.3 Å². The van der Waals surface area contributed by atoms with Crippen molar-refractivity contribution in [1.29, 1.82) is 0 Å². The van der Waals surface area contributed by atoms with E-state index in [1.54, 1.807) is 6.07 Å². The number of hydrogen-bond acceptors (Lipinski definition) is 5. The van der Waals surface area contributed by atoms with E-state index in [-0.39, 0.29) is 27.4 Å². The molecule has 11 heteroatoms. The summed E-state index contributed by atoms with van der Waals surface area (Å²) in [5, 5.41) is 2.66. The Morgan fingerprint density at radius 1 is 1.06 bits per heavy atom. The quantitative estimate of drug-likeness (QED) is 0.409. The van der Waals surface area contributed by atoms with Gasteiger partial charge >= 0.3 is 6.18 Å². The molecule has 1 heterocycles. The van der Waals surface area contributed by atoms with Gasteiger partial charge in [0.1, 0.15) is 0 Å². The molecule has 1 aromatic heterocycles. The van der Waals surface area contributed by atoms with Gasteiger partial charge in [0.05, 0.1) is 20.7 Å². The molecule has 0 aliphatic carbocycles. The zero-order valence-electron chi connectivity index (χ0n) is 19.2. The van der Waals surface area contributed by atoms with Crippen LogP contribution in [0.3, 0.4) is 0 Å². The summed E-state index contributed by atoms with van der Waals surface area (Å²) in [6, 6.07) is 8.64. The Morgan fingerprint density at radius 2 is 1.71 bits per heavy atom. The Hall–Kier alpha value is -2.50. The van der Waals surface area contributed by atoms with Crippen LogP contribution in [0.25, 0.3) is 10.2 Å². The van der Waals surface area contributed by atoms with Gasteiger partial charge in [-0.15, -0.1) is 0 Å². The number of hydrogen-bond donors (Lipinski definition) is 1. The number of rotatable bonds is 8. The Balaban J connectivity index is 1.87. The molecule has 0 saturated carbocycles. The molecule has 3 aromatic rings. The minimum Gasteiger partial charge on any atom is -0.298 e. The lowest BCUT2D eigenvalue weighted by Crippen LogP contribution is -2.37. The zero-order chi connectivity index (χ0) is 25.3. The highest BCUT2D eigenvalue weighted by atomic mass is 32.2. The number of amides is 1. The lowest BCUT2D eigenvalue weighted by atomic mass is 10.1. The van der Waals surface area contributed by atoms with E-state index >= 15 is 0 Å². The van der Waals surface area contributed by atoms with Gasteiger partial charge < -0.3 is 0 Å². The predicted octanol–water partition coefficient (Wildman–Crippen LogP) is 5.87. The highest BCUT2D eigenvalue weighted by molar-refractivity contribution is 7.89. The van der Waals surface area contributed by atoms with Crippen LogP contribution in [0.1, 0.15) is 43.6 Å². The van der Waals surface area contributed by atoms with Gasteiger partial charge in [-0.3, -0.25) is 10.1 Å². The van der Waals surface area contributed by atoms with E-state index in [0.29, 0.717) is 23.3 Å². The third-order valence-corrected chi connectivity index (χ3v) is 7.57. The standard InChI is InChI=1S/C23H26F3N3O3S2/c1-14(2)12-29(13-15(3)4)34(31,32)18-8-9-19-20(11-18)33-22(27-19)28-21(30)16-6-5-7-17(10-16)23(24,25)26/h5-11,14-15H,12-13H2,1-4H3,(H,27,28,30). The average molecular weight is 514 g/mol. The maximum Gasteiger partial charge on any atom is 0.416 e. The normalized spacial score (nSPS) is 12.8. The van der Waals surface area contributed by atoms with Gasteiger partial charge in [0.25, 0.3) is 5.91 Å². The second-order valence-electron chi connectivity index (χ2n) is 8.79. The largest absolute Gasteiger partial charge is 0.416 e. The van der Waals surface area contributed by atoms with Crippen LogP contribution in [-0.2, 0) is 16.2 Å². The van der Waals surface area contributed by atoms with E-state index in [4.69, 9.17) is 0 Å². The monoisotopic (exact) mass is 513 g/mol. The van der Waals surface area contributed by atoms with Crippen LogP contribution < -0.4 is 5.32 Å². The fourth-order valence-corrected chi connectivity index (χ4v) is 6.13. The van der Waals surface area contributed by atoms with Crippen molar-refractivity contribution in [2.75, 3.05) is 18.4 Å². The third kappa shape index (κ3) is 6.13. The molecule has 0 aliphatic heterocycles. The molecule has 2 aromatic carbocycles. The summed E-state index contributed by atoms with van der Waals surface area (Å²) in [7, 11) is -3.74. The Labute approximate surface area is 200 Å². The SMILES string of the molecule is CC(C)CN(CC(C)C)S(=O)(=O)c1ccc2nc(NC(=O)c3cccc(C(F)(F)F)c3)sc2c1. The van der Waals surface area contributed by atoms with Crippen molar-refractivity contribution in [3.63, 3.8) is 0 Å². The minimum atomic E-state index is -4.56. The molecule has 1 N–H and O–H groups in total. The first-order valence-electron chi connectivity index (χ1n) is 10.7. The molecule has 3 rings (SSSR count). The molecule has 0 saturated heterocycles. The van der Waals surface area contributed by atoms with E-state index in [0.717, 1.165) is 29.5 Å². The Kier molecular flexibility index (Phi) is 7.69. The number of anilines is 1. The first-order chi connectivity index (χ1) is 15.8. The number of halogens is 3. The second kappa shape index (κ2) is 10.0. The van der Waals surface area contributed by atoms with Crippen molar-refractivity contribution in [2.24, 2.45) is 11.8 Å². The zero-order valence-corrected chi connectivity index (χ0v) is 20.8. The summed E-state index contributed by atoms with van der Waals surface area (Å²) in [5.41, 5.74) is -0.607. The summed E-state index contributed by atoms with van der Waals surface area (Å²) in [6.07, 6.45) is -4.56. The van der Waals surface area contributed by atoms with Crippen LogP contribution in [0.2, 0.25) is 0 Å². The number of thiazole rings is 1. The van der Waals surface area contributed by atoms with E-state index in [1.165, 1.54) is 22.5 Å². The fourth-order valence-electron chi connectivity index (χ4n) is 3.36. The first-order valence-corrected chi connectivity index (χ1v) is 12.9. The molecule has 0 atom stereocenters. The van der Waals surface area contributed by atoms with Crippen molar-refractivity contribution < 1.29 is 26.4 Å². The summed E-state index contributed by atoms with van der Waals surface area (Å²) in [6.45, 7) is 8.59. The number of carbonyl (C=O) groups excluding carboxylic acids is 1. The molecular formula is C23H26F3N3O3S2. The summed E-state index contributed by atoms with van der Waals surface area (Å²) in [4.78, 5) is 16.9. The van der Waals surface area contributed by atoms with Gasteiger partial charge in [0.2, 0.25) is 10.0 Å². The highest BCUT2D eigenvalue weighted by Crippen LogP contribution is 2.31. The van der Waals surface area contributed by atoms with Gasteiger partial charge in [-0.05, 0) is 48.2 Å². The molecule has 0 spiro atoms. The molecule has 0 radical (unpaired) electrons. The maximum atomic E-state index is 13.3. The number of carbonyl (C=O) groups is 1. The second-order valence-corrected chi connectivity index (χ2v) is 11.8. The topological polar surface area (TPSA) is 79.4 Å². The van der Waals surface area contributed by atoms with Crippen molar-refractivity contribution in [1.82, 2.24) is 9.29 Å². The van der Waals surface area contributed by atoms with Crippen LogP contribution >= 0.6 is 11.3 Å². The lowest BCUT2D eigenvalue weighted by Gasteiger charge is -2.25. The average Bonchev–Trinajstić information content (AvgIpc) is 3.13.